The SMILES string of the molecule is CC(C)C1(C(=O)NCC(C)(C)CCCO)CCNC1. The number of aliphatic hydroxyl groups is 1. The molecule has 3 N–H and O–H groups in total. The number of nitrogens with one attached hydrogen (secondary N) is 2. The lowest BCUT2D eigenvalue weighted by atomic mass is 9.75. The summed E-state index contributed by atoms with van der Waals surface area (Å²) in [6.45, 7) is 11.1. The molecule has 4 nitrogen and oxygen atoms in total. The van der Waals surface area contributed by atoms with Gasteiger partial charge in [-0.25, -0.2) is 0 Å². The Morgan fingerprint density at radius 2 is 2.16 bits per heavy atom. The molecule has 1 aliphatic heterocycles. The maximum Gasteiger partial charge on any atom is 0.227 e. The van der Waals surface area contributed by atoms with E-state index in [4.69, 9.17) is 5.11 Å². The Balaban J connectivity index is 2.54. The summed E-state index contributed by atoms with van der Waals surface area (Å²) in [5.74, 6) is 0.535. The zero-order valence-corrected chi connectivity index (χ0v) is 12.9. The van der Waals surface area contributed by atoms with E-state index in [0.717, 1.165) is 32.4 Å². The molecule has 4 heteroatoms. The molecule has 1 aliphatic rings. The average Bonchev–Trinajstić information content (AvgIpc) is 2.84. The van der Waals surface area contributed by atoms with Gasteiger partial charge in [0.1, 0.15) is 0 Å². The van der Waals surface area contributed by atoms with Gasteiger partial charge in [0, 0.05) is 19.7 Å². The molecule has 1 unspecified atom stereocenters. The van der Waals surface area contributed by atoms with Gasteiger partial charge in [0.2, 0.25) is 5.91 Å². The fraction of sp³-hybridized carbons (Fsp3) is 0.933. The van der Waals surface area contributed by atoms with Gasteiger partial charge in [-0.05, 0) is 37.1 Å². The number of amides is 1. The molecule has 0 bridgehead atoms. The Bertz CT molecular complexity index is 295. The van der Waals surface area contributed by atoms with Crippen molar-refractivity contribution in [3.8, 4) is 0 Å². The van der Waals surface area contributed by atoms with E-state index in [1.165, 1.54) is 0 Å². The monoisotopic (exact) mass is 270 g/mol. The lowest BCUT2D eigenvalue weighted by Gasteiger charge is -2.33. The first-order valence-corrected chi connectivity index (χ1v) is 7.44. The molecule has 1 fully saturated rings. The second kappa shape index (κ2) is 6.71. The zero-order valence-electron chi connectivity index (χ0n) is 12.9. The molecule has 19 heavy (non-hydrogen) atoms. The number of aliphatic hydroxyl groups excluding tert-OH is 1. The van der Waals surface area contributed by atoms with Crippen LogP contribution in [0.1, 0.15) is 47.0 Å². The summed E-state index contributed by atoms with van der Waals surface area (Å²) >= 11 is 0. The highest BCUT2D eigenvalue weighted by atomic mass is 16.2. The second-order valence-corrected chi connectivity index (χ2v) is 6.91. The van der Waals surface area contributed by atoms with Gasteiger partial charge in [-0.3, -0.25) is 4.79 Å². The Kier molecular flexibility index (Phi) is 5.81. The number of hydrogen-bond acceptors (Lipinski definition) is 3. The molecule has 0 aromatic rings. The van der Waals surface area contributed by atoms with Crippen LogP contribution in [0.5, 0.6) is 0 Å². The summed E-state index contributed by atoms with van der Waals surface area (Å²) in [5, 5.41) is 15.3. The largest absolute Gasteiger partial charge is 0.396 e. The summed E-state index contributed by atoms with van der Waals surface area (Å²) < 4.78 is 0. The molecule has 1 heterocycles. The third-order valence-corrected chi connectivity index (χ3v) is 4.48. The van der Waals surface area contributed by atoms with Crippen molar-refractivity contribution >= 4 is 5.91 Å². The van der Waals surface area contributed by atoms with Gasteiger partial charge in [-0.1, -0.05) is 27.7 Å². The van der Waals surface area contributed by atoms with Crippen molar-refractivity contribution in [3.63, 3.8) is 0 Å². The third kappa shape index (κ3) is 4.18. The highest BCUT2D eigenvalue weighted by Crippen LogP contribution is 2.34. The second-order valence-electron chi connectivity index (χ2n) is 6.91. The summed E-state index contributed by atoms with van der Waals surface area (Å²) in [4.78, 5) is 12.5. The van der Waals surface area contributed by atoms with Crippen LogP contribution in [-0.2, 0) is 4.79 Å². The summed E-state index contributed by atoms with van der Waals surface area (Å²) in [7, 11) is 0. The minimum Gasteiger partial charge on any atom is -0.396 e. The highest BCUT2D eigenvalue weighted by molar-refractivity contribution is 5.83. The van der Waals surface area contributed by atoms with Gasteiger partial charge in [0.05, 0.1) is 5.41 Å². The van der Waals surface area contributed by atoms with E-state index in [1.807, 2.05) is 0 Å². The van der Waals surface area contributed by atoms with Crippen LogP contribution in [-0.4, -0.2) is 37.3 Å². The Labute approximate surface area is 117 Å². The van der Waals surface area contributed by atoms with Crippen LogP contribution >= 0.6 is 0 Å². The molecule has 0 saturated carbocycles. The van der Waals surface area contributed by atoms with Crippen LogP contribution in [0.2, 0.25) is 0 Å². The Morgan fingerprint density at radius 1 is 1.47 bits per heavy atom. The smallest absolute Gasteiger partial charge is 0.227 e. The predicted octanol–water partition coefficient (Wildman–Crippen LogP) is 1.54. The van der Waals surface area contributed by atoms with E-state index < -0.39 is 0 Å². The van der Waals surface area contributed by atoms with Crippen molar-refractivity contribution in [3.05, 3.63) is 0 Å². The van der Waals surface area contributed by atoms with Crippen molar-refractivity contribution in [1.29, 1.82) is 0 Å². The maximum atomic E-state index is 12.5. The molecule has 0 spiro atoms. The van der Waals surface area contributed by atoms with Gasteiger partial charge < -0.3 is 15.7 Å². The van der Waals surface area contributed by atoms with Crippen molar-refractivity contribution in [2.45, 2.75) is 47.0 Å². The topological polar surface area (TPSA) is 61.4 Å². The first kappa shape index (κ1) is 16.4. The summed E-state index contributed by atoms with van der Waals surface area (Å²) in [6, 6.07) is 0. The number of hydrogen-bond donors (Lipinski definition) is 3. The van der Waals surface area contributed by atoms with E-state index in [9.17, 15) is 4.79 Å². The molecule has 1 rings (SSSR count). The van der Waals surface area contributed by atoms with E-state index in [1.54, 1.807) is 0 Å². The third-order valence-electron chi connectivity index (χ3n) is 4.48. The van der Waals surface area contributed by atoms with E-state index >= 15 is 0 Å². The standard InChI is InChI=1S/C15H30N2O2/c1-12(2)15(7-8-16-11-15)13(19)17-10-14(3,4)6-5-9-18/h12,16,18H,5-11H2,1-4H3,(H,17,19). The minimum atomic E-state index is -0.243. The number of rotatable bonds is 7. The minimum absolute atomic E-state index is 0.0442. The van der Waals surface area contributed by atoms with E-state index in [0.29, 0.717) is 12.5 Å². The molecule has 0 aromatic heterocycles. The van der Waals surface area contributed by atoms with Gasteiger partial charge in [-0.2, -0.15) is 0 Å². The quantitative estimate of drug-likeness (QED) is 0.657. The summed E-state index contributed by atoms with van der Waals surface area (Å²) in [6.07, 6.45) is 2.64. The molecule has 1 atom stereocenters. The fourth-order valence-corrected chi connectivity index (χ4v) is 2.80. The molecule has 0 radical (unpaired) electrons. The molecule has 0 aromatic carbocycles. The molecular weight excluding hydrogens is 240 g/mol. The maximum absolute atomic E-state index is 12.5. The van der Waals surface area contributed by atoms with Crippen LogP contribution in [0.4, 0.5) is 0 Å². The van der Waals surface area contributed by atoms with Crippen LogP contribution < -0.4 is 10.6 Å². The Morgan fingerprint density at radius 3 is 2.63 bits per heavy atom. The van der Waals surface area contributed by atoms with Gasteiger partial charge in [-0.15, -0.1) is 0 Å². The van der Waals surface area contributed by atoms with Gasteiger partial charge in [0.15, 0.2) is 0 Å². The number of carbonyl (C=O) groups is 1. The molecular formula is C15H30N2O2. The predicted molar refractivity (Wildman–Crippen MR) is 77.9 cm³/mol. The fourth-order valence-electron chi connectivity index (χ4n) is 2.80. The van der Waals surface area contributed by atoms with Crippen molar-refractivity contribution in [1.82, 2.24) is 10.6 Å². The first-order valence-electron chi connectivity index (χ1n) is 7.44. The Hall–Kier alpha value is -0.610. The normalized spacial score (nSPS) is 23.9. The van der Waals surface area contributed by atoms with Crippen molar-refractivity contribution in [2.24, 2.45) is 16.7 Å². The van der Waals surface area contributed by atoms with Crippen molar-refractivity contribution < 1.29 is 9.90 Å². The molecule has 0 aliphatic carbocycles. The van der Waals surface area contributed by atoms with Crippen LogP contribution in [0.15, 0.2) is 0 Å². The summed E-state index contributed by atoms with van der Waals surface area (Å²) in [5.41, 5.74) is -0.199. The van der Waals surface area contributed by atoms with Gasteiger partial charge >= 0.3 is 0 Å². The molecule has 1 amide bonds. The van der Waals surface area contributed by atoms with E-state index in [2.05, 4.69) is 38.3 Å². The first-order chi connectivity index (χ1) is 8.84. The highest BCUT2D eigenvalue weighted by Gasteiger charge is 2.43. The lowest BCUT2D eigenvalue weighted by molar-refractivity contribution is -0.132. The van der Waals surface area contributed by atoms with Crippen LogP contribution in [0, 0.1) is 16.7 Å². The van der Waals surface area contributed by atoms with E-state index in [-0.39, 0.29) is 23.3 Å². The van der Waals surface area contributed by atoms with Crippen LogP contribution in [0.3, 0.4) is 0 Å². The molecule has 1 saturated heterocycles. The van der Waals surface area contributed by atoms with Crippen molar-refractivity contribution in [2.75, 3.05) is 26.2 Å². The average molecular weight is 270 g/mol. The molecule has 112 valence electrons. The lowest BCUT2D eigenvalue weighted by Crippen LogP contribution is -2.48. The van der Waals surface area contributed by atoms with Crippen LogP contribution in [0.25, 0.3) is 0 Å². The zero-order chi connectivity index (χ0) is 14.5. The van der Waals surface area contributed by atoms with Gasteiger partial charge in [0.25, 0.3) is 0 Å². The number of carbonyl (C=O) groups excluding carboxylic acids is 1.